The Balaban J connectivity index is 1.57. The van der Waals surface area contributed by atoms with E-state index in [2.05, 4.69) is 59.1 Å². The van der Waals surface area contributed by atoms with Gasteiger partial charge in [-0.1, -0.05) is 71.8 Å². The zero-order valence-corrected chi connectivity index (χ0v) is 17.4. The van der Waals surface area contributed by atoms with Crippen molar-refractivity contribution < 1.29 is 9.72 Å². The minimum absolute atomic E-state index is 0.0550. The Kier molecular flexibility index (Phi) is 5.38. The van der Waals surface area contributed by atoms with Crippen LogP contribution < -0.4 is 5.43 Å². The van der Waals surface area contributed by atoms with Gasteiger partial charge in [-0.2, -0.15) is 5.10 Å². The second kappa shape index (κ2) is 8.14. The van der Waals surface area contributed by atoms with Crippen molar-refractivity contribution in [2.24, 2.45) is 11.0 Å². The highest BCUT2D eigenvalue weighted by molar-refractivity contribution is 5.89. The molecule has 0 heterocycles. The van der Waals surface area contributed by atoms with E-state index in [-0.39, 0.29) is 22.9 Å². The predicted molar refractivity (Wildman–Crippen MR) is 120 cm³/mol. The number of nitro benzene ring substituents is 1. The van der Waals surface area contributed by atoms with Crippen LogP contribution in [0.3, 0.4) is 0 Å². The molecule has 1 aliphatic carbocycles. The molecule has 0 saturated heterocycles. The van der Waals surface area contributed by atoms with Crippen molar-refractivity contribution in [3.63, 3.8) is 0 Å². The molecule has 1 aliphatic rings. The topological polar surface area (TPSA) is 84.6 Å². The summed E-state index contributed by atoms with van der Waals surface area (Å²) in [5.41, 5.74) is 7.01. The minimum atomic E-state index is -0.468. The Morgan fingerprint density at radius 1 is 1.00 bits per heavy atom. The van der Waals surface area contributed by atoms with Crippen LogP contribution >= 0.6 is 0 Å². The number of rotatable bonds is 6. The van der Waals surface area contributed by atoms with Crippen molar-refractivity contribution in [1.82, 2.24) is 5.43 Å². The fraction of sp³-hybridized carbons (Fsp3) is 0.200. The van der Waals surface area contributed by atoms with Gasteiger partial charge in [-0.15, -0.1) is 0 Å². The van der Waals surface area contributed by atoms with Crippen molar-refractivity contribution in [3.8, 4) is 0 Å². The standard InChI is InChI=1S/C25H23N3O3/c1-17-7-11-20(12-8-17)25(21-13-9-18(2)10-14-21)15-22(25)24(29)27-26-16-19-5-3-4-6-23(19)28(30)31/h3-14,16,22H,15H2,1-2H3,(H,27,29). The van der Waals surface area contributed by atoms with Gasteiger partial charge in [0.25, 0.3) is 5.69 Å². The Hall–Kier alpha value is -3.80. The summed E-state index contributed by atoms with van der Waals surface area (Å²) in [4.78, 5) is 23.6. The third kappa shape index (κ3) is 3.97. The van der Waals surface area contributed by atoms with E-state index in [1.165, 1.54) is 23.4 Å². The van der Waals surface area contributed by atoms with Gasteiger partial charge in [0.1, 0.15) is 0 Å². The third-order valence-electron chi connectivity index (χ3n) is 5.92. The summed E-state index contributed by atoms with van der Waals surface area (Å²) in [6.45, 7) is 4.08. The molecular formula is C25H23N3O3. The molecule has 6 heteroatoms. The maximum Gasteiger partial charge on any atom is 0.278 e. The van der Waals surface area contributed by atoms with Gasteiger partial charge in [0.05, 0.1) is 22.6 Å². The lowest BCUT2D eigenvalue weighted by molar-refractivity contribution is -0.385. The van der Waals surface area contributed by atoms with Gasteiger partial charge in [-0.05, 0) is 37.5 Å². The molecule has 1 amide bonds. The monoisotopic (exact) mass is 413 g/mol. The SMILES string of the molecule is Cc1ccc(C2(c3ccc(C)cc3)CC2C(=O)NN=Cc2ccccc2[N+](=O)[O-])cc1. The summed E-state index contributed by atoms with van der Waals surface area (Å²) in [5, 5.41) is 15.1. The van der Waals surface area contributed by atoms with E-state index in [9.17, 15) is 14.9 Å². The Morgan fingerprint density at radius 3 is 2.10 bits per heavy atom. The summed E-state index contributed by atoms with van der Waals surface area (Å²) in [5.74, 6) is -0.461. The highest BCUT2D eigenvalue weighted by Crippen LogP contribution is 2.59. The van der Waals surface area contributed by atoms with E-state index in [1.54, 1.807) is 18.2 Å². The maximum absolute atomic E-state index is 13.0. The lowest BCUT2D eigenvalue weighted by atomic mass is 9.85. The van der Waals surface area contributed by atoms with E-state index in [4.69, 9.17) is 0 Å². The number of amides is 1. The molecule has 1 atom stereocenters. The molecule has 0 spiro atoms. The van der Waals surface area contributed by atoms with Crippen LogP contribution in [0.5, 0.6) is 0 Å². The van der Waals surface area contributed by atoms with Crippen molar-refractivity contribution in [3.05, 3.63) is 111 Å². The van der Waals surface area contributed by atoms with Gasteiger partial charge < -0.3 is 0 Å². The van der Waals surface area contributed by atoms with E-state index < -0.39 is 4.92 Å². The summed E-state index contributed by atoms with van der Waals surface area (Å²) >= 11 is 0. The molecule has 0 aromatic heterocycles. The smallest absolute Gasteiger partial charge is 0.273 e. The van der Waals surface area contributed by atoms with Crippen LogP contribution in [0.2, 0.25) is 0 Å². The van der Waals surface area contributed by atoms with E-state index in [0.717, 1.165) is 11.1 Å². The molecule has 0 aliphatic heterocycles. The lowest BCUT2D eigenvalue weighted by Gasteiger charge is -2.19. The molecule has 3 aromatic carbocycles. The van der Waals surface area contributed by atoms with Crippen molar-refractivity contribution in [1.29, 1.82) is 0 Å². The summed E-state index contributed by atoms with van der Waals surface area (Å²) in [6, 6.07) is 22.9. The normalized spacial score (nSPS) is 16.8. The van der Waals surface area contributed by atoms with Crippen molar-refractivity contribution in [2.45, 2.75) is 25.7 Å². The van der Waals surface area contributed by atoms with Crippen LogP contribution in [-0.4, -0.2) is 17.0 Å². The number of nitrogens with one attached hydrogen (secondary N) is 1. The van der Waals surface area contributed by atoms with Gasteiger partial charge in [0, 0.05) is 11.5 Å². The van der Waals surface area contributed by atoms with Crippen LogP contribution in [0.4, 0.5) is 5.69 Å². The fourth-order valence-electron chi connectivity index (χ4n) is 4.09. The summed E-state index contributed by atoms with van der Waals surface area (Å²) in [7, 11) is 0. The number of hydrazone groups is 1. The average Bonchev–Trinajstić information content (AvgIpc) is 3.52. The first kappa shape index (κ1) is 20.5. The molecule has 1 N–H and O–H groups in total. The van der Waals surface area contributed by atoms with Gasteiger partial charge in [0.15, 0.2) is 0 Å². The second-order valence-corrected chi connectivity index (χ2v) is 8.01. The second-order valence-electron chi connectivity index (χ2n) is 8.01. The molecule has 3 aromatic rings. The van der Waals surface area contributed by atoms with E-state index in [1.807, 2.05) is 13.8 Å². The lowest BCUT2D eigenvalue weighted by Crippen LogP contribution is -2.25. The van der Waals surface area contributed by atoms with Crippen molar-refractivity contribution >= 4 is 17.8 Å². The molecular weight excluding hydrogens is 390 g/mol. The number of carbonyl (C=O) groups is 1. The molecule has 0 radical (unpaired) electrons. The number of nitro groups is 1. The third-order valence-corrected chi connectivity index (χ3v) is 5.92. The Bertz CT molecular complexity index is 1110. The van der Waals surface area contributed by atoms with Crippen LogP contribution in [0, 0.1) is 29.9 Å². The number of nitrogens with zero attached hydrogens (tertiary/aromatic N) is 2. The van der Waals surface area contributed by atoms with Crippen LogP contribution in [0.15, 0.2) is 77.9 Å². The molecule has 4 rings (SSSR count). The first-order valence-corrected chi connectivity index (χ1v) is 10.1. The number of benzene rings is 3. The van der Waals surface area contributed by atoms with Crippen LogP contribution in [-0.2, 0) is 10.2 Å². The number of aryl methyl sites for hydroxylation is 2. The van der Waals surface area contributed by atoms with E-state index >= 15 is 0 Å². The molecule has 156 valence electrons. The number of para-hydroxylation sites is 1. The van der Waals surface area contributed by atoms with Gasteiger partial charge in [-0.25, -0.2) is 5.43 Å². The maximum atomic E-state index is 13.0. The predicted octanol–water partition coefficient (Wildman–Crippen LogP) is 4.67. The Labute approximate surface area is 180 Å². The molecule has 1 unspecified atom stereocenters. The molecule has 0 bridgehead atoms. The highest BCUT2D eigenvalue weighted by Gasteiger charge is 2.60. The summed E-state index contributed by atoms with van der Waals surface area (Å²) in [6.07, 6.45) is 2.00. The van der Waals surface area contributed by atoms with Gasteiger partial charge in [-0.3, -0.25) is 14.9 Å². The van der Waals surface area contributed by atoms with Crippen LogP contribution in [0.1, 0.15) is 34.2 Å². The molecule has 1 fully saturated rings. The summed E-state index contributed by atoms with van der Waals surface area (Å²) < 4.78 is 0. The molecule has 31 heavy (non-hydrogen) atoms. The van der Waals surface area contributed by atoms with Crippen molar-refractivity contribution in [2.75, 3.05) is 0 Å². The average molecular weight is 413 g/mol. The molecule has 1 saturated carbocycles. The fourth-order valence-corrected chi connectivity index (χ4v) is 4.09. The van der Waals surface area contributed by atoms with Crippen LogP contribution in [0.25, 0.3) is 0 Å². The quantitative estimate of drug-likeness (QED) is 0.362. The van der Waals surface area contributed by atoms with Gasteiger partial charge >= 0.3 is 0 Å². The first-order chi connectivity index (χ1) is 14.9. The highest BCUT2D eigenvalue weighted by atomic mass is 16.6. The van der Waals surface area contributed by atoms with Gasteiger partial charge in [0.2, 0.25) is 5.91 Å². The zero-order chi connectivity index (χ0) is 22.0. The number of hydrogen-bond donors (Lipinski definition) is 1. The number of carbonyl (C=O) groups excluding carboxylic acids is 1. The first-order valence-electron chi connectivity index (χ1n) is 10.1. The number of hydrogen-bond acceptors (Lipinski definition) is 4. The Morgan fingerprint density at radius 2 is 1.55 bits per heavy atom. The minimum Gasteiger partial charge on any atom is -0.273 e. The molecule has 6 nitrogen and oxygen atoms in total. The largest absolute Gasteiger partial charge is 0.278 e. The zero-order valence-electron chi connectivity index (χ0n) is 17.4. The van der Waals surface area contributed by atoms with E-state index in [0.29, 0.717) is 12.0 Å².